The lowest BCUT2D eigenvalue weighted by Gasteiger charge is -2.10. The molecular formula is C15H12BrN3O2S. The predicted octanol–water partition coefficient (Wildman–Crippen LogP) is 2.67. The maximum Gasteiger partial charge on any atom is 0.257 e. The lowest BCUT2D eigenvalue weighted by atomic mass is 10.2. The van der Waals surface area contributed by atoms with Crippen molar-refractivity contribution in [3.05, 3.63) is 64.1 Å². The first-order chi connectivity index (χ1) is 10.5. The van der Waals surface area contributed by atoms with E-state index in [1.54, 1.807) is 48.5 Å². The second-order valence-electron chi connectivity index (χ2n) is 4.36. The van der Waals surface area contributed by atoms with Crippen molar-refractivity contribution in [1.82, 2.24) is 5.32 Å². The van der Waals surface area contributed by atoms with Crippen LogP contribution in [0.3, 0.4) is 0 Å². The number of anilines is 1. The number of nitrogens with two attached hydrogens (primary N) is 1. The zero-order valence-electron chi connectivity index (χ0n) is 11.3. The highest BCUT2D eigenvalue weighted by molar-refractivity contribution is 9.10. The number of carbonyl (C=O) groups is 2. The summed E-state index contributed by atoms with van der Waals surface area (Å²) in [5.74, 6) is -0.809. The molecule has 0 heterocycles. The smallest absolute Gasteiger partial charge is 0.257 e. The molecule has 0 atom stereocenters. The Balaban J connectivity index is 1.96. The minimum Gasteiger partial charge on any atom is -0.366 e. The van der Waals surface area contributed by atoms with Gasteiger partial charge in [-0.1, -0.05) is 15.9 Å². The summed E-state index contributed by atoms with van der Waals surface area (Å²) < 4.78 is 0.888. The van der Waals surface area contributed by atoms with Crippen LogP contribution in [0.15, 0.2) is 53.0 Å². The zero-order chi connectivity index (χ0) is 16.1. The van der Waals surface area contributed by atoms with Crippen molar-refractivity contribution in [1.29, 1.82) is 0 Å². The van der Waals surface area contributed by atoms with Crippen molar-refractivity contribution in [3.8, 4) is 0 Å². The summed E-state index contributed by atoms with van der Waals surface area (Å²) in [4.78, 5) is 23.0. The van der Waals surface area contributed by atoms with Gasteiger partial charge in [0, 0.05) is 21.3 Å². The van der Waals surface area contributed by atoms with Gasteiger partial charge in [0.05, 0.1) is 0 Å². The van der Waals surface area contributed by atoms with E-state index in [2.05, 4.69) is 26.6 Å². The van der Waals surface area contributed by atoms with E-state index in [0.717, 1.165) is 4.47 Å². The highest BCUT2D eigenvalue weighted by Gasteiger charge is 2.08. The standard InChI is InChI=1S/C15H12BrN3O2S/c16-11-5-1-10(2-6-11)14(21)19-15(22)18-12-7-3-9(4-8-12)13(17)20/h1-8H,(H2,17,20)(H2,18,19,21,22). The van der Waals surface area contributed by atoms with Gasteiger partial charge in [0.1, 0.15) is 0 Å². The molecule has 4 N–H and O–H groups in total. The van der Waals surface area contributed by atoms with Crippen LogP contribution in [0, 0.1) is 0 Å². The van der Waals surface area contributed by atoms with E-state index in [-0.39, 0.29) is 11.0 Å². The fourth-order valence-corrected chi connectivity index (χ4v) is 2.13. The first-order valence-corrected chi connectivity index (χ1v) is 7.43. The molecule has 0 radical (unpaired) electrons. The fraction of sp³-hybridized carbons (Fsp3) is 0. The first-order valence-electron chi connectivity index (χ1n) is 6.23. The highest BCUT2D eigenvalue weighted by atomic mass is 79.9. The predicted molar refractivity (Wildman–Crippen MR) is 92.8 cm³/mol. The van der Waals surface area contributed by atoms with Gasteiger partial charge in [0.2, 0.25) is 5.91 Å². The molecule has 0 spiro atoms. The van der Waals surface area contributed by atoms with Crippen molar-refractivity contribution < 1.29 is 9.59 Å². The summed E-state index contributed by atoms with van der Waals surface area (Å²) in [5, 5.41) is 5.60. The highest BCUT2D eigenvalue weighted by Crippen LogP contribution is 2.11. The van der Waals surface area contributed by atoms with E-state index >= 15 is 0 Å². The normalized spacial score (nSPS) is 9.86. The van der Waals surface area contributed by atoms with Gasteiger partial charge in [-0.2, -0.15) is 0 Å². The van der Waals surface area contributed by atoms with E-state index in [9.17, 15) is 9.59 Å². The van der Waals surface area contributed by atoms with Crippen LogP contribution < -0.4 is 16.4 Å². The van der Waals surface area contributed by atoms with Crippen molar-refractivity contribution in [2.24, 2.45) is 5.73 Å². The number of thiocarbonyl (C=S) groups is 1. The molecule has 0 aliphatic carbocycles. The van der Waals surface area contributed by atoms with Gasteiger partial charge in [-0.05, 0) is 60.7 Å². The molecule has 7 heteroatoms. The largest absolute Gasteiger partial charge is 0.366 e. The van der Waals surface area contributed by atoms with Gasteiger partial charge in [-0.25, -0.2) is 0 Å². The number of primary amides is 1. The maximum atomic E-state index is 12.0. The average Bonchev–Trinajstić information content (AvgIpc) is 2.48. The molecule has 5 nitrogen and oxygen atoms in total. The number of nitrogens with one attached hydrogen (secondary N) is 2. The Morgan fingerprint density at radius 1 is 0.955 bits per heavy atom. The van der Waals surface area contributed by atoms with E-state index in [1.807, 2.05) is 0 Å². The summed E-state index contributed by atoms with van der Waals surface area (Å²) in [5.41, 5.74) is 6.70. The SMILES string of the molecule is NC(=O)c1ccc(NC(=S)NC(=O)c2ccc(Br)cc2)cc1. The van der Waals surface area contributed by atoms with Crippen molar-refractivity contribution in [2.45, 2.75) is 0 Å². The molecule has 112 valence electrons. The van der Waals surface area contributed by atoms with Gasteiger partial charge >= 0.3 is 0 Å². The van der Waals surface area contributed by atoms with Gasteiger partial charge in [-0.15, -0.1) is 0 Å². The van der Waals surface area contributed by atoms with Gasteiger partial charge < -0.3 is 11.1 Å². The Kier molecular flexibility index (Phi) is 5.24. The quantitative estimate of drug-likeness (QED) is 0.717. The Morgan fingerprint density at radius 2 is 1.50 bits per heavy atom. The molecule has 2 amide bonds. The minimum atomic E-state index is -0.502. The average molecular weight is 378 g/mol. The Bertz CT molecular complexity index is 715. The second kappa shape index (κ2) is 7.15. The number of carbonyl (C=O) groups excluding carboxylic acids is 2. The van der Waals surface area contributed by atoms with Gasteiger partial charge in [0.25, 0.3) is 5.91 Å². The monoisotopic (exact) mass is 377 g/mol. The Morgan fingerprint density at radius 3 is 2.05 bits per heavy atom. The summed E-state index contributed by atoms with van der Waals surface area (Å²) in [6.07, 6.45) is 0. The number of benzene rings is 2. The van der Waals surface area contributed by atoms with E-state index < -0.39 is 5.91 Å². The third-order valence-electron chi connectivity index (χ3n) is 2.76. The molecule has 0 fully saturated rings. The van der Waals surface area contributed by atoms with E-state index in [1.165, 1.54) is 0 Å². The number of hydrogen-bond acceptors (Lipinski definition) is 3. The molecule has 0 saturated heterocycles. The minimum absolute atomic E-state index is 0.166. The van der Waals surface area contributed by atoms with Crippen LogP contribution in [0.25, 0.3) is 0 Å². The van der Waals surface area contributed by atoms with Crippen molar-refractivity contribution in [2.75, 3.05) is 5.32 Å². The number of halogens is 1. The molecular weight excluding hydrogens is 366 g/mol. The molecule has 0 aromatic heterocycles. The van der Waals surface area contributed by atoms with Crippen LogP contribution in [0.2, 0.25) is 0 Å². The molecule has 2 rings (SSSR count). The van der Waals surface area contributed by atoms with Crippen molar-refractivity contribution in [3.63, 3.8) is 0 Å². The summed E-state index contributed by atoms with van der Waals surface area (Å²) in [7, 11) is 0. The van der Waals surface area contributed by atoms with Crippen LogP contribution in [-0.2, 0) is 0 Å². The van der Waals surface area contributed by atoms with Crippen LogP contribution in [0.5, 0.6) is 0 Å². The zero-order valence-corrected chi connectivity index (χ0v) is 13.7. The molecule has 0 unspecified atom stereocenters. The number of hydrogen-bond donors (Lipinski definition) is 3. The summed E-state index contributed by atoms with van der Waals surface area (Å²) in [6.45, 7) is 0. The molecule has 0 aliphatic heterocycles. The summed E-state index contributed by atoms with van der Waals surface area (Å²) >= 11 is 8.38. The molecule has 0 bridgehead atoms. The Labute approximate surface area is 141 Å². The van der Waals surface area contributed by atoms with Crippen LogP contribution in [-0.4, -0.2) is 16.9 Å². The lowest BCUT2D eigenvalue weighted by Crippen LogP contribution is -2.34. The second-order valence-corrected chi connectivity index (χ2v) is 5.68. The third-order valence-corrected chi connectivity index (χ3v) is 3.49. The molecule has 2 aromatic rings. The topological polar surface area (TPSA) is 84.2 Å². The maximum absolute atomic E-state index is 12.0. The first kappa shape index (κ1) is 16.1. The molecule has 0 aliphatic rings. The molecule has 2 aromatic carbocycles. The van der Waals surface area contributed by atoms with E-state index in [0.29, 0.717) is 16.8 Å². The van der Waals surface area contributed by atoms with Crippen LogP contribution >= 0.6 is 28.1 Å². The Hall–Kier alpha value is -2.25. The van der Waals surface area contributed by atoms with Crippen molar-refractivity contribution >= 4 is 50.8 Å². The molecule has 0 saturated carbocycles. The van der Waals surface area contributed by atoms with E-state index in [4.69, 9.17) is 18.0 Å². The van der Waals surface area contributed by atoms with Crippen LogP contribution in [0.4, 0.5) is 5.69 Å². The number of amides is 2. The summed E-state index contributed by atoms with van der Waals surface area (Å²) in [6, 6.07) is 13.4. The van der Waals surface area contributed by atoms with Gasteiger partial charge in [0.15, 0.2) is 5.11 Å². The molecule has 22 heavy (non-hydrogen) atoms. The number of rotatable bonds is 3. The third kappa shape index (κ3) is 4.37. The lowest BCUT2D eigenvalue weighted by molar-refractivity contribution is 0.0975. The fourth-order valence-electron chi connectivity index (χ4n) is 1.66. The van der Waals surface area contributed by atoms with Crippen LogP contribution in [0.1, 0.15) is 20.7 Å². The van der Waals surface area contributed by atoms with Gasteiger partial charge in [-0.3, -0.25) is 14.9 Å².